The Morgan fingerprint density at radius 2 is 1.86 bits per heavy atom. The van der Waals surface area contributed by atoms with Gasteiger partial charge in [-0.05, 0) is 43.8 Å². The molecule has 1 atom stereocenters. The molecule has 2 saturated heterocycles. The van der Waals surface area contributed by atoms with E-state index in [-0.39, 0.29) is 23.9 Å². The van der Waals surface area contributed by atoms with Gasteiger partial charge < -0.3 is 9.80 Å². The number of hydrogen-bond acceptors (Lipinski definition) is 3. The molecule has 0 saturated carbocycles. The van der Waals surface area contributed by atoms with Gasteiger partial charge in [0.25, 0.3) is 5.91 Å². The minimum Gasteiger partial charge on any atom is -0.337 e. The number of likely N-dealkylation sites (N-methyl/N-ethyl adjacent to an activating group) is 1. The van der Waals surface area contributed by atoms with Crippen molar-refractivity contribution in [2.75, 3.05) is 38.1 Å². The van der Waals surface area contributed by atoms with Crippen molar-refractivity contribution in [3.63, 3.8) is 0 Å². The van der Waals surface area contributed by atoms with Crippen LogP contribution in [0.1, 0.15) is 16.8 Å². The van der Waals surface area contributed by atoms with Crippen LogP contribution in [0.4, 0.5) is 14.5 Å². The van der Waals surface area contributed by atoms with Crippen LogP contribution in [0.3, 0.4) is 0 Å². The predicted octanol–water partition coefficient (Wildman–Crippen LogP) is 2.53. The van der Waals surface area contributed by atoms with Gasteiger partial charge in [-0.25, -0.2) is 8.78 Å². The Morgan fingerprint density at radius 3 is 2.61 bits per heavy atom. The highest BCUT2D eigenvalue weighted by Gasteiger charge is 2.48. The molecule has 0 aromatic heterocycles. The van der Waals surface area contributed by atoms with E-state index >= 15 is 0 Å². The van der Waals surface area contributed by atoms with Gasteiger partial charge in [-0.2, -0.15) is 0 Å². The number of carbonyl (C=O) groups is 2. The Hall–Kier alpha value is -2.80. The molecule has 0 unspecified atom stereocenters. The first-order chi connectivity index (χ1) is 13.4. The summed E-state index contributed by atoms with van der Waals surface area (Å²) in [6, 6.07) is 11.9. The summed E-state index contributed by atoms with van der Waals surface area (Å²) in [5, 5.41) is 0. The number of nitrogens with zero attached hydrogens (tertiary/aromatic N) is 3. The summed E-state index contributed by atoms with van der Waals surface area (Å²) in [7, 11) is 1.86. The Labute approximate surface area is 162 Å². The summed E-state index contributed by atoms with van der Waals surface area (Å²) in [4.78, 5) is 30.5. The van der Waals surface area contributed by atoms with Gasteiger partial charge in [0.15, 0.2) is 0 Å². The Kier molecular flexibility index (Phi) is 4.63. The maximum atomic E-state index is 14.0. The average molecular weight is 385 g/mol. The summed E-state index contributed by atoms with van der Waals surface area (Å²) in [5.74, 6) is -1.40. The van der Waals surface area contributed by atoms with E-state index in [1.54, 1.807) is 34.1 Å². The van der Waals surface area contributed by atoms with E-state index in [0.29, 0.717) is 31.7 Å². The number of rotatable bonds is 2. The molecule has 146 valence electrons. The maximum absolute atomic E-state index is 14.0. The first-order valence-corrected chi connectivity index (χ1v) is 9.21. The van der Waals surface area contributed by atoms with Crippen molar-refractivity contribution in [3.8, 4) is 0 Å². The average Bonchev–Trinajstić information content (AvgIpc) is 3.10. The second kappa shape index (κ2) is 6.98. The van der Waals surface area contributed by atoms with Gasteiger partial charge in [0.2, 0.25) is 5.91 Å². The zero-order valence-electron chi connectivity index (χ0n) is 15.6. The highest BCUT2D eigenvalue weighted by atomic mass is 19.1. The normalized spacial score (nSPS) is 22.9. The van der Waals surface area contributed by atoms with Gasteiger partial charge in [0.05, 0.1) is 17.6 Å². The van der Waals surface area contributed by atoms with Crippen molar-refractivity contribution >= 4 is 17.5 Å². The summed E-state index contributed by atoms with van der Waals surface area (Å²) in [6.45, 7) is 1.39. The summed E-state index contributed by atoms with van der Waals surface area (Å²) < 4.78 is 27.7. The number of amides is 2. The second-order valence-corrected chi connectivity index (χ2v) is 7.50. The molecule has 2 aromatic carbocycles. The van der Waals surface area contributed by atoms with Crippen LogP contribution in [0.2, 0.25) is 0 Å². The molecule has 1 spiro atoms. The fraction of sp³-hybridized carbons (Fsp3) is 0.333. The monoisotopic (exact) mass is 385 g/mol. The standard InChI is InChI=1S/C21H21F2N3O2/c1-24-12-19(27)26(16-6-4-5-15(22)11-16)14-21(24)9-10-25(13-21)20(28)17-7-2-3-8-18(17)23/h2-8,11H,9-10,12-14H2,1H3/t21-/m1/s1. The van der Waals surface area contributed by atoms with Crippen molar-refractivity contribution in [1.82, 2.24) is 9.80 Å². The molecule has 0 bridgehead atoms. The third kappa shape index (κ3) is 3.16. The number of halogens is 2. The van der Waals surface area contributed by atoms with Gasteiger partial charge in [-0.15, -0.1) is 0 Å². The fourth-order valence-corrected chi connectivity index (χ4v) is 4.11. The van der Waals surface area contributed by atoms with Crippen LogP contribution >= 0.6 is 0 Å². The molecule has 2 aromatic rings. The molecule has 2 aliphatic heterocycles. The lowest BCUT2D eigenvalue weighted by Crippen LogP contribution is -2.64. The lowest BCUT2D eigenvalue weighted by Gasteiger charge is -2.46. The molecule has 2 heterocycles. The van der Waals surface area contributed by atoms with Crippen LogP contribution in [-0.4, -0.2) is 60.4 Å². The number of benzene rings is 2. The molecule has 28 heavy (non-hydrogen) atoms. The number of carbonyl (C=O) groups excluding carboxylic acids is 2. The van der Waals surface area contributed by atoms with Crippen molar-refractivity contribution in [3.05, 3.63) is 65.7 Å². The second-order valence-electron chi connectivity index (χ2n) is 7.50. The molecule has 5 nitrogen and oxygen atoms in total. The van der Waals surface area contributed by atoms with E-state index in [1.807, 2.05) is 11.9 Å². The van der Waals surface area contributed by atoms with E-state index in [4.69, 9.17) is 0 Å². The summed E-state index contributed by atoms with van der Waals surface area (Å²) in [5.41, 5.74) is 0.119. The number of likely N-dealkylation sites (tertiary alicyclic amines) is 1. The first-order valence-electron chi connectivity index (χ1n) is 9.21. The predicted molar refractivity (Wildman–Crippen MR) is 101 cm³/mol. The number of piperazine rings is 1. The van der Waals surface area contributed by atoms with Crippen LogP contribution in [0, 0.1) is 11.6 Å². The van der Waals surface area contributed by atoms with Gasteiger partial charge >= 0.3 is 0 Å². The quantitative estimate of drug-likeness (QED) is 0.798. The highest BCUT2D eigenvalue weighted by Crippen LogP contribution is 2.34. The topological polar surface area (TPSA) is 43.9 Å². The molecular weight excluding hydrogens is 364 g/mol. The van der Waals surface area contributed by atoms with Crippen molar-refractivity contribution in [2.24, 2.45) is 0 Å². The van der Waals surface area contributed by atoms with Crippen molar-refractivity contribution in [2.45, 2.75) is 12.0 Å². The zero-order chi connectivity index (χ0) is 19.9. The van der Waals surface area contributed by atoms with E-state index in [2.05, 4.69) is 0 Å². The molecule has 0 aliphatic carbocycles. The van der Waals surface area contributed by atoms with E-state index in [0.717, 1.165) is 0 Å². The number of anilines is 1. The number of hydrogen-bond donors (Lipinski definition) is 0. The lowest BCUT2D eigenvalue weighted by atomic mass is 9.92. The molecule has 2 amide bonds. The van der Waals surface area contributed by atoms with Gasteiger partial charge in [0.1, 0.15) is 11.6 Å². The third-order valence-corrected chi connectivity index (χ3v) is 5.78. The molecule has 4 rings (SSSR count). The SMILES string of the molecule is CN1CC(=O)N(c2cccc(F)c2)C[C@]12CCN(C(=O)c1ccccc1F)C2. The minimum absolute atomic E-state index is 0.0519. The van der Waals surface area contributed by atoms with Gasteiger partial charge in [-0.1, -0.05) is 18.2 Å². The Balaban J connectivity index is 1.58. The van der Waals surface area contributed by atoms with Crippen LogP contribution in [0.25, 0.3) is 0 Å². The van der Waals surface area contributed by atoms with Crippen LogP contribution in [-0.2, 0) is 4.79 Å². The largest absolute Gasteiger partial charge is 0.337 e. The first kappa shape index (κ1) is 18.6. The van der Waals surface area contributed by atoms with E-state index < -0.39 is 17.2 Å². The molecule has 7 heteroatoms. The molecule has 0 N–H and O–H groups in total. The van der Waals surface area contributed by atoms with Crippen molar-refractivity contribution < 1.29 is 18.4 Å². The minimum atomic E-state index is -0.540. The zero-order valence-corrected chi connectivity index (χ0v) is 15.6. The van der Waals surface area contributed by atoms with Crippen LogP contribution in [0.15, 0.2) is 48.5 Å². The van der Waals surface area contributed by atoms with Crippen molar-refractivity contribution in [1.29, 1.82) is 0 Å². The summed E-state index contributed by atoms with van der Waals surface area (Å²) >= 11 is 0. The molecule has 2 fully saturated rings. The Bertz CT molecular complexity index is 935. The van der Waals surface area contributed by atoms with E-state index in [9.17, 15) is 18.4 Å². The fourth-order valence-electron chi connectivity index (χ4n) is 4.11. The van der Waals surface area contributed by atoms with Crippen LogP contribution in [0.5, 0.6) is 0 Å². The summed E-state index contributed by atoms with van der Waals surface area (Å²) in [6.07, 6.45) is 0.656. The molecule has 2 aliphatic rings. The van der Waals surface area contributed by atoms with Gasteiger partial charge in [-0.3, -0.25) is 14.5 Å². The van der Waals surface area contributed by atoms with Crippen LogP contribution < -0.4 is 4.90 Å². The maximum Gasteiger partial charge on any atom is 0.256 e. The molecular formula is C21H21F2N3O2. The van der Waals surface area contributed by atoms with Gasteiger partial charge in [0, 0.05) is 25.3 Å². The Morgan fingerprint density at radius 1 is 1.07 bits per heavy atom. The highest BCUT2D eigenvalue weighted by molar-refractivity contribution is 5.97. The smallest absolute Gasteiger partial charge is 0.256 e. The third-order valence-electron chi connectivity index (χ3n) is 5.78. The van der Waals surface area contributed by atoms with E-state index in [1.165, 1.54) is 24.3 Å². The lowest BCUT2D eigenvalue weighted by molar-refractivity contribution is -0.123. The molecule has 0 radical (unpaired) electrons.